The third-order valence-electron chi connectivity index (χ3n) is 4.11. The molecule has 0 bridgehead atoms. The van der Waals surface area contributed by atoms with Crippen molar-refractivity contribution < 1.29 is 4.39 Å². The fourth-order valence-corrected chi connectivity index (χ4v) is 2.86. The number of aliphatic imine (C=N–C) groups is 1. The van der Waals surface area contributed by atoms with E-state index < -0.39 is 0 Å². The number of guanidine groups is 1. The molecule has 1 N–H and O–H groups in total. The van der Waals surface area contributed by atoms with E-state index in [-0.39, 0.29) is 5.82 Å². The molecule has 0 saturated carbocycles. The predicted molar refractivity (Wildman–Crippen MR) is 94.0 cm³/mol. The van der Waals surface area contributed by atoms with Crippen molar-refractivity contribution in [3.63, 3.8) is 0 Å². The Hall–Kier alpha value is -2.37. The summed E-state index contributed by atoms with van der Waals surface area (Å²) in [6.45, 7) is 5.86. The van der Waals surface area contributed by atoms with Gasteiger partial charge in [0.1, 0.15) is 5.82 Å². The molecule has 2 aromatic rings. The average Bonchev–Trinajstić information content (AvgIpc) is 3.27. The molecule has 6 heteroatoms. The second-order valence-electron chi connectivity index (χ2n) is 5.91. The smallest absolute Gasteiger partial charge is 0.193 e. The molecular formula is C18H24FN5. The lowest BCUT2D eigenvalue weighted by atomic mass is 10.3. The van der Waals surface area contributed by atoms with Crippen LogP contribution in [0.1, 0.15) is 25.5 Å². The van der Waals surface area contributed by atoms with Crippen molar-refractivity contribution in [2.75, 3.05) is 26.2 Å². The molecule has 1 aromatic carbocycles. The Labute approximate surface area is 142 Å². The zero-order chi connectivity index (χ0) is 16.8. The largest absolute Gasteiger partial charge is 0.357 e. The Bertz CT molecular complexity index is 671. The molecule has 1 saturated heterocycles. The molecule has 1 aliphatic heterocycles. The average molecular weight is 329 g/mol. The number of likely N-dealkylation sites (tertiary alicyclic amines) is 1. The highest BCUT2D eigenvalue weighted by Crippen LogP contribution is 2.10. The highest BCUT2D eigenvalue weighted by molar-refractivity contribution is 5.80. The Balaban J connectivity index is 1.60. The summed E-state index contributed by atoms with van der Waals surface area (Å²) in [5.41, 5.74) is 1.84. The van der Waals surface area contributed by atoms with Gasteiger partial charge in [0.25, 0.3) is 0 Å². The van der Waals surface area contributed by atoms with E-state index in [0.717, 1.165) is 43.4 Å². The van der Waals surface area contributed by atoms with Crippen LogP contribution in [0, 0.1) is 5.82 Å². The summed E-state index contributed by atoms with van der Waals surface area (Å²) in [7, 11) is 0. The first kappa shape index (κ1) is 16.5. The van der Waals surface area contributed by atoms with E-state index in [2.05, 4.69) is 22.2 Å². The van der Waals surface area contributed by atoms with Gasteiger partial charge in [-0.1, -0.05) is 0 Å². The fourth-order valence-electron chi connectivity index (χ4n) is 2.86. The first-order chi connectivity index (χ1) is 11.8. The highest BCUT2D eigenvalue weighted by Gasteiger charge is 2.15. The van der Waals surface area contributed by atoms with Crippen molar-refractivity contribution in [2.24, 2.45) is 4.99 Å². The maximum Gasteiger partial charge on any atom is 0.193 e. The number of nitrogens with one attached hydrogen (secondary N) is 1. The van der Waals surface area contributed by atoms with Crippen LogP contribution in [0.3, 0.4) is 0 Å². The molecule has 2 heterocycles. The van der Waals surface area contributed by atoms with E-state index in [1.807, 2.05) is 12.3 Å². The van der Waals surface area contributed by atoms with Crippen LogP contribution in [0.15, 0.2) is 41.5 Å². The number of nitrogens with zero attached hydrogens (tertiary/aromatic N) is 4. The van der Waals surface area contributed by atoms with Crippen LogP contribution in [-0.2, 0) is 6.42 Å². The summed E-state index contributed by atoms with van der Waals surface area (Å²) in [4.78, 5) is 7.04. The molecule has 1 aliphatic rings. The number of benzene rings is 1. The van der Waals surface area contributed by atoms with Gasteiger partial charge in [-0.2, -0.15) is 5.10 Å². The SMILES string of the molecule is CCNC(=NCCc1ccn(-c2ccc(F)cc2)n1)N1CCCC1. The number of hydrogen-bond donors (Lipinski definition) is 1. The van der Waals surface area contributed by atoms with Crippen molar-refractivity contribution in [1.29, 1.82) is 0 Å². The van der Waals surface area contributed by atoms with E-state index in [1.54, 1.807) is 16.8 Å². The van der Waals surface area contributed by atoms with Gasteiger partial charge in [-0.3, -0.25) is 4.99 Å². The Morgan fingerprint density at radius 1 is 1.21 bits per heavy atom. The minimum absolute atomic E-state index is 0.238. The summed E-state index contributed by atoms with van der Waals surface area (Å²) in [6.07, 6.45) is 5.17. The molecule has 0 spiro atoms. The van der Waals surface area contributed by atoms with Gasteiger partial charge in [-0.15, -0.1) is 0 Å². The molecule has 0 aliphatic carbocycles. The second-order valence-corrected chi connectivity index (χ2v) is 5.91. The third kappa shape index (κ3) is 4.13. The van der Waals surface area contributed by atoms with Crippen molar-refractivity contribution in [3.05, 3.63) is 48.0 Å². The van der Waals surface area contributed by atoms with Crippen LogP contribution in [0.5, 0.6) is 0 Å². The lowest BCUT2D eigenvalue weighted by molar-refractivity contribution is 0.494. The second kappa shape index (κ2) is 7.95. The van der Waals surface area contributed by atoms with Gasteiger partial charge in [0.05, 0.1) is 11.4 Å². The van der Waals surface area contributed by atoms with Crippen LogP contribution in [0.25, 0.3) is 5.69 Å². The van der Waals surface area contributed by atoms with E-state index in [9.17, 15) is 4.39 Å². The summed E-state index contributed by atoms with van der Waals surface area (Å²) in [5.74, 6) is 0.770. The van der Waals surface area contributed by atoms with Gasteiger partial charge in [-0.25, -0.2) is 9.07 Å². The predicted octanol–water partition coefficient (Wildman–Crippen LogP) is 2.62. The van der Waals surface area contributed by atoms with Crippen LogP contribution in [-0.4, -0.2) is 46.8 Å². The summed E-state index contributed by atoms with van der Waals surface area (Å²) >= 11 is 0. The quantitative estimate of drug-likeness (QED) is 0.677. The maximum atomic E-state index is 13.0. The first-order valence-electron chi connectivity index (χ1n) is 8.60. The minimum atomic E-state index is -0.238. The molecule has 0 radical (unpaired) electrons. The zero-order valence-electron chi connectivity index (χ0n) is 14.1. The van der Waals surface area contributed by atoms with Gasteiger partial charge >= 0.3 is 0 Å². The molecule has 0 atom stereocenters. The molecular weight excluding hydrogens is 305 g/mol. The molecule has 3 rings (SSSR count). The zero-order valence-corrected chi connectivity index (χ0v) is 14.1. The molecule has 128 valence electrons. The first-order valence-corrected chi connectivity index (χ1v) is 8.60. The minimum Gasteiger partial charge on any atom is -0.357 e. The van der Waals surface area contributed by atoms with Gasteiger partial charge in [-0.05, 0) is 50.1 Å². The topological polar surface area (TPSA) is 45.5 Å². The Kier molecular flexibility index (Phi) is 5.46. The van der Waals surface area contributed by atoms with Gasteiger partial charge in [0.15, 0.2) is 5.96 Å². The molecule has 1 aromatic heterocycles. The van der Waals surface area contributed by atoms with Crippen LogP contribution in [0.2, 0.25) is 0 Å². The summed E-state index contributed by atoms with van der Waals surface area (Å²) in [5, 5.41) is 7.90. The standard InChI is InChI=1S/C18H24FN5/c1-2-20-18(23-12-3-4-13-23)21-11-9-16-10-14-24(22-16)17-7-5-15(19)6-8-17/h5-8,10,14H,2-4,9,11-13H2,1H3,(H,20,21). The molecule has 1 fully saturated rings. The van der Waals surface area contributed by atoms with E-state index in [0.29, 0.717) is 6.54 Å². The number of halogens is 1. The third-order valence-corrected chi connectivity index (χ3v) is 4.11. The molecule has 24 heavy (non-hydrogen) atoms. The van der Waals surface area contributed by atoms with E-state index in [1.165, 1.54) is 25.0 Å². The normalized spacial score (nSPS) is 15.1. The monoisotopic (exact) mass is 329 g/mol. The molecule has 5 nitrogen and oxygen atoms in total. The highest BCUT2D eigenvalue weighted by atomic mass is 19.1. The van der Waals surface area contributed by atoms with Crippen LogP contribution in [0.4, 0.5) is 4.39 Å². The van der Waals surface area contributed by atoms with E-state index in [4.69, 9.17) is 4.99 Å². The Morgan fingerprint density at radius 3 is 2.67 bits per heavy atom. The van der Waals surface area contributed by atoms with Crippen molar-refractivity contribution in [3.8, 4) is 5.69 Å². The number of hydrogen-bond acceptors (Lipinski definition) is 2. The molecule has 0 amide bonds. The Morgan fingerprint density at radius 2 is 1.96 bits per heavy atom. The summed E-state index contributed by atoms with van der Waals surface area (Å²) in [6, 6.07) is 8.32. The van der Waals surface area contributed by atoms with Crippen molar-refractivity contribution in [2.45, 2.75) is 26.2 Å². The summed E-state index contributed by atoms with van der Waals surface area (Å²) < 4.78 is 14.8. The van der Waals surface area contributed by atoms with Gasteiger partial charge in [0, 0.05) is 38.8 Å². The van der Waals surface area contributed by atoms with Gasteiger partial charge in [0.2, 0.25) is 0 Å². The van der Waals surface area contributed by atoms with Crippen LogP contribution < -0.4 is 5.32 Å². The lowest BCUT2D eigenvalue weighted by Gasteiger charge is -2.20. The lowest BCUT2D eigenvalue weighted by Crippen LogP contribution is -2.39. The van der Waals surface area contributed by atoms with Gasteiger partial charge < -0.3 is 10.2 Å². The van der Waals surface area contributed by atoms with Crippen molar-refractivity contribution in [1.82, 2.24) is 20.0 Å². The maximum absolute atomic E-state index is 13.0. The van der Waals surface area contributed by atoms with Crippen molar-refractivity contribution >= 4 is 5.96 Å². The fraction of sp³-hybridized carbons (Fsp3) is 0.444. The number of rotatable bonds is 5. The van der Waals surface area contributed by atoms with Crippen LogP contribution >= 0.6 is 0 Å². The molecule has 0 unspecified atom stereocenters. The number of aromatic nitrogens is 2. The van der Waals surface area contributed by atoms with E-state index >= 15 is 0 Å².